The quantitative estimate of drug-likeness (QED) is 0.242. The molecule has 5 nitrogen and oxygen atoms in total. The van der Waals surface area contributed by atoms with Crippen LogP contribution in [-0.2, 0) is 10.2 Å². The van der Waals surface area contributed by atoms with E-state index in [1.54, 1.807) is 6.21 Å². The molecule has 0 atom stereocenters. The average Bonchev–Trinajstić information content (AvgIpc) is 3.08. The molecule has 0 unspecified atom stereocenters. The summed E-state index contributed by atoms with van der Waals surface area (Å²) in [5.74, 6) is 0.257. The maximum Gasteiger partial charge on any atom is 0.277 e. The molecule has 0 saturated carbocycles. The van der Waals surface area contributed by atoms with Crippen molar-refractivity contribution in [2.45, 2.75) is 46.5 Å². The molecule has 0 saturated heterocycles. The fourth-order valence-electron chi connectivity index (χ4n) is 4.06. The first-order chi connectivity index (χ1) is 15.0. The van der Waals surface area contributed by atoms with Gasteiger partial charge in [0.1, 0.15) is 5.75 Å². The summed E-state index contributed by atoms with van der Waals surface area (Å²) in [4.78, 5) is 15.4. The number of halogens is 2. The second-order valence-electron chi connectivity index (χ2n) is 9.76. The van der Waals surface area contributed by atoms with Crippen molar-refractivity contribution in [1.29, 1.82) is 0 Å². The lowest BCUT2D eigenvalue weighted by Crippen LogP contribution is -2.26. The van der Waals surface area contributed by atoms with Crippen LogP contribution in [0.15, 0.2) is 56.6 Å². The largest absolute Gasteiger partial charge is 0.481 e. The molecule has 1 amide bonds. The van der Waals surface area contributed by atoms with E-state index in [0.29, 0.717) is 5.75 Å². The fraction of sp³-hybridized carbons (Fsp3) is 0.360. The van der Waals surface area contributed by atoms with Crippen LogP contribution in [0.5, 0.6) is 5.75 Å². The van der Waals surface area contributed by atoms with Crippen molar-refractivity contribution in [3.05, 3.63) is 62.7 Å². The zero-order chi connectivity index (χ0) is 23.5. The van der Waals surface area contributed by atoms with Crippen molar-refractivity contribution in [2.24, 2.45) is 10.5 Å². The van der Waals surface area contributed by atoms with Gasteiger partial charge in [0.25, 0.3) is 5.91 Å². The second-order valence-corrected chi connectivity index (χ2v) is 11.5. The Hall–Kier alpha value is -2.12. The number of carbonyl (C=O) groups is 1. The van der Waals surface area contributed by atoms with Crippen molar-refractivity contribution in [3.8, 4) is 5.75 Å². The summed E-state index contributed by atoms with van der Waals surface area (Å²) in [6.45, 7) is 11.1. The molecule has 0 aliphatic heterocycles. The van der Waals surface area contributed by atoms with E-state index in [-0.39, 0.29) is 23.3 Å². The van der Waals surface area contributed by atoms with E-state index in [4.69, 9.17) is 4.74 Å². The molecule has 3 aromatic rings. The number of para-hydroxylation sites is 1. The summed E-state index contributed by atoms with van der Waals surface area (Å²) < 4.78 is 7.38. The van der Waals surface area contributed by atoms with E-state index in [1.807, 2.05) is 30.5 Å². The molecule has 0 spiro atoms. The van der Waals surface area contributed by atoms with Crippen LogP contribution >= 0.6 is 31.9 Å². The van der Waals surface area contributed by atoms with Crippen LogP contribution in [0.1, 0.15) is 52.2 Å². The number of ether oxygens (including phenoxy) is 1. The SMILES string of the molecule is CC(C)(C)CC(C)(C)c1cc(Br)c(OCC(=O)NN=Cc2c[nH]c3ccccc23)c(Br)c1. The molecule has 3 rings (SSSR count). The molecule has 0 bridgehead atoms. The molecule has 0 aliphatic carbocycles. The summed E-state index contributed by atoms with van der Waals surface area (Å²) >= 11 is 7.20. The van der Waals surface area contributed by atoms with E-state index in [2.05, 4.69) is 94.1 Å². The lowest BCUT2D eigenvalue weighted by Gasteiger charge is -2.33. The molecule has 2 N–H and O–H groups in total. The van der Waals surface area contributed by atoms with Gasteiger partial charge in [-0.25, -0.2) is 5.43 Å². The molecule has 0 radical (unpaired) electrons. The Labute approximate surface area is 206 Å². The number of nitrogens with one attached hydrogen (secondary N) is 2. The third kappa shape index (κ3) is 6.23. The minimum atomic E-state index is -0.336. The van der Waals surface area contributed by atoms with Gasteiger partial charge in [-0.1, -0.05) is 52.8 Å². The van der Waals surface area contributed by atoms with Crippen molar-refractivity contribution in [2.75, 3.05) is 6.61 Å². The van der Waals surface area contributed by atoms with Gasteiger partial charge >= 0.3 is 0 Å². The Kier molecular flexibility index (Phi) is 7.50. The molecule has 0 aliphatic rings. The van der Waals surface area contributed by atoms with Crippen LogP contribution in [0.4, 0.5) is 0 Å². The predicted octanol–water partition coefficient (Wildman–Crippen LogP) is 6.94. The van der Waals surface area contributed by atoms with Gasteiger partial charge in [0.15, 0.2) is 6.61 Å². The Morgan fingerprint density at radius 1 is 1.12 bits per heavy atom. The maximum atomic E-state index is 12.2. The number of aromatic nitrogens is 1. The number of amides is 1. The molecule has 2 aromatic carbocycles. The van der Waals surface area contributed by atoms with Crippen LogP contribution in [0, 0.1) is 5.41 Å². The van der Waals surface area contributed by atoms with Crippen molar-refractivity contribution in [3.63, 3.8) is 0 Å². The van der Waals surface area contributed by atoms with Crippen molar-refractivity contribution in [1.82, 2.24) is 10.4 Å². The predicted molar refractivity (Wildman–Crippen MR) is 138 cm³/mol. The van der Waals surface area contributed by atoms with Crippen LogP contribution in [0.2, 0.25) is 0 Å². The minimum Gasteiger partial charge on any atom is -0.481 e. The van der Waals surface area contributed by atoms with Gasteiger partial charge < -0.3 is 9.72 Å². The van der Waals surface area contributed by atoms with Crippen LogP contribution in [0.25, 0.3) is 10.9 Å². The fourth-order valence-corrected chi connectivity index (χ4v) is 5.48. The Balaban J connectivity index is 1.62. The number of rotatable bonds is 7. The number of hydrazone groups is 1. The average molecular weight is 563 g/mol. The zero-order valence-electron chi connectivity index (χ0n) is 19.1. The summed E-state index contributed by atoms with van der Waals surface area (Å²) in [6, 6.07) is 12.1. The highest BCUT2D eigenvalue weighted by atomic mass is 79.9. The molecule has 7 heteroatoms. The molecular formula is C25H29Br2N3O2. The smallest absolute Gasteiger partial charge is 0.277 e. The van der Waals surface area contributed by atoms with Gasteiger partial charge in [-0.15, -0.1) is 0 Å². The van der Waals surface area contributed by atoms with Gasteiger partial charge in [-0.05, 0) is 72.9 Å². The summed E-state index contributed by atoms with van der Waals surface area (Å²) in [5.41, 5.74) is 5.85. The van der Waals surface area contributed by atoms with E-state index in [0.717, 1.165) is 31.8 Å². The number of carbonyl (C=O) groups excluding carboxylic acids is 1. The topological polar surface area (TPSA) is 66.5 Å². The maximum absolute atomic E-state index is 12.2. The molecular weight excluding hydrogens is 534 g/mol. The normalized spacial score (nSPS) is 12.5. The zero-order valence-corrected chi connectivity index (χ0v) is 22.2. The first-order valence-electron chi connectivity index (χ1n) is 10.5. The summed E-state index contributed by atoms with van der Waals surface area (Å²) in [6.07, 6.45) is 4.51. The van der Waals surface area contributed by atoms with E-state index in [9.17, 15) is 4.79 Å². The summed E-state index contributed by atoms with van der Waals surface area (Å²) in [5, 5.41) is 5.10. The van der Waals surface area contributed by atoms with Gasteiger partial charge in [-0.3, -0.25) is 4.79 Å². The van der Waals surface area contributed by atoms with Gasteiger partial charge in [-0.2, -0.15) is 5.10 Å². The van der Waals surface area contributed by atoms with Crippen LogP contribution in [-0.4, -0.2) is 23.7 Å². The lowest BCUT2D eigenvalue weighted by atomic mass is 9.72. The van der Waals surface area contributed by atoms with Crippen LogP contribution in [0.3, 0.4) is 0 Å². The molecule has 170 valence electrons. The number of fused-ring (bicyclic) bond motifs is 1. The van der Waals surface area contributed by atoms with Crippen LogP contribution < -0.4 is 10.2 Å². The second kappa shape index (κ2) is 9.79. The molecule has 1 aromatic heterocycles. The highest BCUT2D eigenvalue weighted by Gasteiger charge is 2.28. The number of hydrogen-bond donors (Lipinski definition) is 2. The first-order valence-corrected chi connectivity index (χ1v) is 12.1. The molecule has 0 fully saturated rings. The van der Waals surface area contributed by atoms with E-state index < -0.39 is 0 Å². The highest BCUT2D eigenvalue weighted by Crippen LogP contribution is 2.42. The van der Waals surface area contributed by atoms with Crippen molar-refractivity contribution >= 4 is 54.9 Å². The number of nitrogens with zero attached hydrogens (tertiary/aromatic N) is 1. The molecule has 32 heavy (non-hydrogen) atoms. The van der Waals surface area contributed by atoms with Gasteiger partial charge in [0.2, 0.25) is 0 Å². The van der Waals surface area contributed by atoms with E-state index >= 15 is 0 Å². The van der Waals surface area contributed by atoms with Crippen molar-refractivity contribution < 1.29 is 9.53 Å². The van der Waals surface area contributed by atoms with E-state index in [1.165, 1.54) is 5.56 Å². The van der Waals surface area contributed by atoms with Gasteiger partial charge in [0, 0.05) is 22.7 Å². The third-order valence-electron chi connectivity index (χ3n) is 5.11. The first kappa shape index (κ1) is 24.5. The Morgan fingerprint density at radius 2 is 1.78 bits per heavy atom. The minimum absolute atomic E-state index is 0.00366. The molecule has 1 heterocycles. The monoisotopic (exact) mass is 561 g/mol. The summed E-state index contributed by atoms with van der Waals surface area (Å²) in [7, 11) is 0. The number of benzene rings is 2. The van der Waals surface area contributed by atoms with Gasteiger partial charge in [0.05, 0.1) is 15.2 Å². The number of hydrogen-bond acceptors (Lipinski definition) is 3. The standard InChI is InChI=1S/C25H29Br2N3O2/c1-24(2,3)15-25(4,5)17-10-19(26)23(20(27)11-17)32-14-22(31)30-29-13-16-12-28-21-9-7-6-8-18(16)21/h6-13,28H,14-15H2,1-5H3,(H,30,31). The lowest BCUT2D eigenvalue weighted by molar-refractivity contribution is -0.123. The highest BCUT2D eigenvalue weighted by molar-refractivity contribution is 9.11. The Morgan fingerprint density at radius 3 is 2.44 bits per heavy atom. The Bertz CT molecular complexity index is 1120. The third-order valence-corrected chi connectivity index (χ3v) is 6.29. The number of H-pyrrole nitrogens is 1. The number of aromatic amines is 1.